The van der Waals surface area contributed by atoms with E-state index in [1.807, 2.05) is 0 Å². The van der Waals surface area contributed by atoms with E-state index in [2.05, 4.69) is 18.6 Å². The van der Waals surface area contributed by atoms with Gasteiger partial charge < -0.3 is 5.73 Å². The fourth-order valence-electron chi connectivity index (χ4n) is 2.43. The van der Waals surface area contributed by atoms with Crippen LogP contribution in [0.15, 0.2) is 0 Å². The van der Waals surface area contributed by atoms with Crippen molar-refractivity contribution in [1.82, 2.24) is 4.72 Å². The lowest BCUT2D eigenvalue weighted by Gasteiger charge is -2.52. The standard InChI is InChI=1S/C8H18N2O2S/c1-7(2)4-8(5-7,6-9)10-13(3,11)12/h10H,4-6,9H2,1-3H3. The fraction of sp³-hybridized carbons (Fsp3) is 1.00. The summed E-state index contributed by atoms with van der Waals surface area (Å²) in [4.78, 5) is 0. The Hall–Kier alpha value is -0.130. The molecule has 0 aromatic heterocycles. The van der Waals surface area contributed by atoms with Crippen LogP contribution in [0.5, 0.6) is 0 Å². The first-order valence-corrected chi connectivity index (χ1v) is 6.26. The summed E-state index contributed by atoms with van der Waals surface area (Å²) in [5, 5.41) is 0. The molecule has 0 radical (unpaired) electrons. The minimum atomic E-state index is -3.13. The average Bonchev–Trinajstić information content (AvgIpc) is 1.79. The van der Waals surface area contributed by atoms with Gasteiger partial charge in [-0.3, -0.25) is 0 Å². The van der Waals surface area contributed by atoms with Gasteiger partial charge in [-0.15, -0.1) is 0 Å². The number of hydrogen-bond acceptors (Lipinski definition) is 3. The molecule has 0 amide bonds. The molecule has 0 unspecified atom stereocenters. The maximum Gasteiger partial charge on any atom is 0.209 e. The summed E-state index contributed by atoms with van der Waals surface area (Å²) in [7, 11) is -3.13. The highest BCUT2D eigenvalue weighted by molar-refractivity contribution is 7.88. The molecule has 1 fully saturated rings. The number of hydrogen-bond donors (Lipinski definition) is 2. The van der Waals surface area contributed by atoms with Gasteiger partial charge in [0, 0.05) is 12.1 Å². The van der Waals surface area contributed by atoms with E-state index in [1.165, 1.54) is 6.26 Å². The second kappa shape index (κ2) is 2.93. The molecule has 1 aliphatic rings. The van der Waals surface area contributed by atoms with Crippen LogP contribution >= 0.6 is 0 Å². The van der Waals surface area contributed by atoms with Crippen molar-refractivity contribution in [1.29, 1.82) is 0 Å². The highest BCUT2D eigenvalue weighted by atomic mass is 32.2. The lowest BCUT2D eigenvalue weighted by Crippen LogP contribution is -2.64. The first-order chi connectivity index (χ1) is 5.68. The van der Waals surface area contributed by atoms with E-state index in [0.29, 0.717) is 6.54 Å². The molecule has 1 aliphatic carbocycles. The van der Waals surface area contributed by atoms with E-state index in [1.54, 1.807) is 0 Å². The van der Waals surface area contributed by atoms with Gasteiger partial charge in [-0.2, -0.15) is 0 Å². The van der Waals surface area contributed by atoms with E-state index in [9.17, 15) is 8.42 Å². The summed E-state index contributed by atoms with van der Waals surface area (Å²) in [5.41, 5.74) is 5.41. The quantitative estimate of drug-likeness (QED) is 0.685. The highest BCUT2D eigenvalue weighted by Crippen LogP contribution is 2.47. The van der Waals surface area contributed by atoms with Crippen LogP contribution in [0.4, 0.5) is 0 Å². The molecule has 0 atom stereocenters. The molecule has 13 heavy (non-hydrogen) atoms. The van der Waals surface area contributed by atoms with Crippen LogP contribution in [-0.2, 0) is 10.0 Å². The molecule has 3 N–H and O–H groups in total. The van der Waals surface area contributed by atoms with Crippen LogP contribution in [-0.4, -0.2) is 26.8 Å². The van der Waals surface area contributed by atoms with Crippen molar-refractivity contribution in [2.24, 2.45) is 11.1 Å². The van der Waals surface area contributed by atoms with Gasteiger partial charge in [-0.1, -0.05) is 13.8 Å². The predicted octanol–water partition coefficient (Wildman–Crippen LogP) is 0.0531. The van der Waals surface area contributed by atoms with E-state index >= 15 is 0 Å². The van der Waals surface area contributed by atoms with Gasteiger partial charge in [0.1, 0.15) is 0 Å². The molecular weight excluding hydrogens is 188 g/mol. The minimum Gasteiger partial charge on any atom is -0.329 e. The van der Waals surface area contributed by atoms with Crippen LogP contribution in [0.2, 0.25) is 0 Å². The summed E-state index contributed by atoms with van der Waals surface area (Å²) in [6.45, 7) is 4.61. The normalized spacial score (nSPS) is 25.2. The number of sulfonamides is 1. The minimum absolute atomic E-state index is 0.219. The number of nitrogens with two attached hydrogens (primary N) is 1. The highest BCUT2D eigenvalue weighted by Gasteiger charge is 2.49. The van der Waals surface area contributed by atoms with E-state index in [4.69, 9.17) is 5.73 Å². The molecule has 78 valence electrons. The van der Waals surface area contributed by atoms with Gasteiger partial charge in [0.2, 0.25) is 10.0 Å². The molecule has 0 heterocycles. The Morgan fingerprint density at radius 3 is 2.08 bits per heavy atom. The summed E-state index contributed by atoms with van der Waals surface area (Å²) in [6, 6.07) is 0. The Balaban J connectivity index is 2.67. The van der Waals surface area contributed by atoms with Gasteiger partial charge in [0.25, 0.3) is 0 Å². The Bertz CT molecular complexity index is 287. The second-order valence-electron chi connectivity index (χ2n) is 4.88. The molecule has 5 heteroatoms. The molecule has 0 bridgehead atoms. The lowest BCUT2D eigenvalue weighted by atomic mass is 9.60. The first kappa shape index (κ1) is 10.9. The molecule has 1 rings (SSSR count). The fourth-order valence-corrected chi connectivity index (χ4v) is 3.45. The zero-order valence-electron chi connectivity index (χ0n) is 8.42. The molecule has 1 saturated carbocycles. The summed E-state index contributed by atoms with van der Waals surface area (Å²) in [6.07, 6.45) is 2.82. The first-order valence-electron chi connectivity index (χ1n) is 4.37. The van der Waals surface area contributed by atoms with Crippen molar-refractivity contribution in [3.63, 3.8) is 0 Å². The lowest BCUT2D eigenvalue weighted by molar-refractivity contribution is 0.0570. The van der Waals surface area contributed by atoms with E-state index in [0.717, 1.165) is 12.8 Å². The number of nitrogens with one attached hydrogen (secondary N) is 1. The summed E-state index contributed by atoms with van der Waals surface area (Å²) in [5.74, 6) is 0. The zero-order valence-corrected chi connectivity index (χ0v) is 9.24. The van der Waals surface area contributed by atoms with E-state index in [-0.39, 0.29) is 11.0 Å². The van der Waals surface area contributed by atoms with Crippen LogP contribution in [0.1, 0.15) is 26.7 Å². The van der Waals surface area contributed by atoms with E-state index < -0.39 is 10.0 Å². The molecule has 0 aromatic carbocycles. The van der Waals surface area contributed by atoms with Crippen molar-refractivity contribution in [3.8, 4) is 0 Å². The van der Waals surface area contributed by atoms with Crippen molar-refractivity contribution in [2.45, 2.75) is 32.2 Å². The SMILES string of the molecule is CC1(C)CC(CN)(NS(C)(=O)=O)C1. The van der Waals surface area contributed by atoms with Crippen molar-refractivity contribution in [3.05, 3.63) is 0 Å². The third-order valence-corrected chi connectivity index (χ3v) is 3.23. The Kier molecular flexibility index (Phi) is 2.47. The van der Waals surface area contributed by atoms with Gasteiger partial charge in [-0.05, 0) is 18.3 Å². The van der Waals surface area contributed by atoms with Crippen LogP contribution in [0.25, 0.3) is 0 Å². The van der Waals surface area contributed by atoms with Gasteiger partial charge in [-0.25, -0.2) is 13.1 Å². The Morgan fingerprint density at radius 1 is 1.38 bits per heavy atom. The molecule has 0 spiro atoms. The second-order valence-corrected chi connectivity index (χ2v) is 6.62. The van der Waals surface area contributed by atoms with Crippen LogP contribution in [0.3, 0.4) is 0 Å². The topological polar surface area (TPSA) is 72.2 Å². The van der Waals surface area contributed by atoms with Gasteiger partial charge in [0.15, 0.2) is 0 Å². The van der Waals surface area contributed by atoms with Gasteiger partial charge in [0.05, 0.1) is 6.26 Å². The summed E-state index contributed by atoms with van der Waals surface area (Å²) >= 11 is 0. The van der Waals surface area contributed by atoms with Crippen molar-refractivity contribution >= 4 is 10.0 Å². The van der Waals surface area contributed by atoms with Crippen LogP contribution < -0.4 is 10.5 Å². The van der Waals surface area contributed by atoms with Gasteiger partial charge >= 0.3 is 0 Å². The largest absolute Gasteiger partial charge is 0.329 e. The predicted molar refractivity (Wildman–Crippen MR) is 52.8 cm³/mol. The maximum atomic E-state index is 11.0. The Morgan fingerprint density at radius 2 is 1.85 bits per heavy atom. The van der Waals surface area contributed by atoms with Crippen molar-refractivity contribution in [2.75, 3.05) is 12.8 Å². The Labute approximate surface area is 79.9 Å². The third kappa shape index (κ3) is 2.65. The zero-order chi connectivity index (χ0) is 10.3. The monoisotopic (exact) mass is 206 g/mol. The third-order valence-electron chi connectivity index (χ3n) is 2.43. The molecular formula is C8H18N2O2S. The van der Waals surface area contributed by atoms with Crippen molar-refractivity contribution < 1.29 is 8.42 Å². The van der Waals surface area contributed by atoms with Crippen LogP contribution in [0, 0.1) is 5.41 Å². The molecule has 0 saturated heterocycles. The summed E-state index contributed by atoms with van der Waals surface area (Å²) < 4.78 is 24.7. The maximum absolute atomic E-state index is 11.0. The molecule has 4 nitrogen and oxygen atoms in total. The molecule has 0 aromatic rings. The molecule has 0 aliphatic heterocycles. The number of rotatable bonds is 3. The average molecular weight is 206 g/mol. The smallest absolute Gasteiger partial charge is 0.209 e.